The van der Waals surface area contributed by atoms with Gasteiger partial charge in [0.2, 0.25) is 0 Å². The molecular formula is C22H20N4O2. The van der Waals surface area contributed by atoms with E-state index in [1.165, 1.54) is 0 Å². The van der Waals surface area contributed by atoms with Crippen LogP contribution in [0.2, 0.25) is 0 Å². The smallest absolute Gasteiger partial charge is 0.261 e. The van der Waals surface area contributed by atoms with E-state index in [0.29, 0.717) is 35.1 Å². The summed E-state index contributed by atoms with van der Waals surface area (Å²) in [6.07, 6.45) is 4.24. The van der Waals surface area contributed by atoms with E-state index in [-0.39, 0.29) is 11.5 Å². The Morgan fingerprint density at radius 3 is 2.75 bits per heavy atom. The molecule has 1 amide bonds. The van der Waals surface area contributed by atoms with E-state index in [1.54, 1.807) is 34.9 Å². The molecule has 6 nitrogen and oxygen atoms in total. The van der Waals surface area contributed by atoms with E-state index in [0.717, 1.165) is 37.1 Å². The van der Waals surface area contributed by atoms with Crippen LogP contribution in [0.15, 0.2) is 47.3 Å². The molecule has 140 valence electrons. The van der Waals surface area contributed by atoms with Gasteiger partial charge in [-0.2, -0.15) is 5.26 Å². The highest BCUT2D eigenvalue weighted by Gasteiger charge is 2.15. The fourth-order valence-corrected chi connectivity index (χ4v) is 3.56. The Balaban J connectivity index is 1.63. The maximum absolute atomic E-state index is 12.8. The maximum Gasteiger partial charge on any atom is 0.261 e. The van der Waals surface area contributed by atoms with Crippen LogP contribution in [-0.4, -0.2) is 15.5 Å². The van der Waals surface area contributed by atoms with Crippen molar-refractivity contribution in [3.05, 3.63) is 69.8 Å². The van der Waals surface area contributed by atoms with Gasteiger partial charge in [0, 0.05) is 24.2 Å². The number of fused-ring (bicyclic) bond motifs is 2. The molecule has 0 bridgehead atoms. The van der Waals surface area contributed by atoms with Crippen molar-refractivity contribution >= 4 is 22.5 Å². The number of nitrogens with zero attached hydrogens (tertiary/aromatic N) is 3. The molecule has 0 fully saturated rings. The Labute approximate surface area is 162 Å². The molecule has 6 heteroatoms. The van der Waals surface area contributed by atoms with Gasteiger partial charge in [-0.3, -0.25) is 14.2 Å². The van der Waals surface area contributed by atoms with E-state index in [1.807, 2.05) is 12.1 Å². The first kappa shape index (κ1) is 17.9. The van der Waals surface area contributed by atoms with Crippen LogP contribution in [0.1, 0.15) is 41.0 Å². The van der Waals surface area contributed by atoms with Crippen molar-refractivity contribution in [1.82, 2.24) is 9.55 Å². The summed E-state index contributed by atoms with van der Waals surface area (Å²) in [6, 6.07) is 14.3. The Morgan fingerprint density at radius 2 is 1.96 bits per heavy atom. The van der Waals surface area contributed by atoms with Crippen molar-refractivity contribution in [2.75, 3.05) is 5.32 Å². The monoisotopic (exact) mass is 372 g/mol. The molecule has 0 spiro atoms. The largest absolute Gasteiger partial charge is 0.322 e. The van der Waals surface area contributed by atoms with Crippen LogP contribution in [0.3, 0.4) is 0 Å². The van der Waals surface area contributed by atoms with E-state index in [2.05, 4.69) is 16.4 Å². The first-order valence-corrected chi connectivity index (χ1v) is 9.46. The minimum Gasteiger partial charge on any atom is -0.322 e. The lowest BCUT2D eigenvalue weighted by Gasteiger charge is -2.11. The van der Waals surface area contributed by atoms with E-state index in [9.17, 15) is 9.59 Å². The fraction of sp³-hybridized carbons (Fsp3) is 0.273. The summed E-state index contributed by atoms with van der Waals surface area (Å²) in [7, 11) is 0. The second kappa shape index (κ2) is 7.65. The first-order valence-electron chi connectivity index (χ1n) is 9.46. The maximum atomic E-state index is 12.8. The third-order valence-corrected chi connectivity index (χ3v) is 5.07. The van der Waals surface area contributed by atoms with E-state index >= 15 is 0 Å². The van der Waals surface area contributed by atoms with E-state index < -0.39 is 0 Å². The normalized spacial score (nSPS) is 13.4. The third-order valence-electron chi connectivity index (χ3n) is 5.07. The summed E-state index contributed by atoms with van der Waals surface area (Å²) >= 11 is 0. The molecule has 1 aromatic heterocycles. The molecule has 0 radical (unpaired) electrons. The molecule has 28 heavy (non-hydrogen) atoms. The molecule has 1 aliphatic rings. The summed E-state index contributed by atoms with van der Waals surface area (Å²) in [5.41, 5.74) is 2.55. The summed E-state index contributed by atoms with van der Waals surface area (Å²) in [5.74, 6) is 0.549. The predicted octanol–water partition coefficient (Wildman–Crippen LogP) is 3.44. The SMILES string of the molecule is N#CCc1ccc(NC(=O)c2ccc3c(=O)n4c(nc3c2)CCCCC4)cc1. The van der Waals surface area contributed by atoms with Gasteiger partial charge in [0.25, 0.3) is 11.5 Å². The molecule has 1 aliphatic heterocycles. The zero-order valence-electron chi connectivity index (χ0n) is 15.4. The average molecular weight is 372 g/mol. The van der Waals surface area contributed by atoms with Crippen LogP contribution in [0.25, 0.3) is 10.9 Å². The van der Waals surface area contributed by atoms with Crippen LogP contribution >= 0.6 is 0 Å². The van der Waals surface area contributed by atoms with Crippen LogP contribution in [-0.2, 0) is 19.4 Å². The number of nitriles is 1. The number of aryl methyl sites for hydroxylation is 1. The molecule has 0 aliphatic carbocycles. The molecule has 0 atom stereocenters. The summed E-state index contributed by atoms with van der Waals surface area (Å²) in [4.78, 5) is 30.1. The Kier molecular flexibility index (Phi) is 4.90. The second-order valence-electron chi connectivity index (χ2n) is 7.01. The summed E-state index contributed by atoms with van der Waals surface area (Å²) < 4.78 is 1.78. The topological polar surface area (TPSA) is 87.8 Å². The highest BCUT2D eigenvalue weighted by atomic mass is 16.1. The molecular weight excluding hydrogens is 352 g/mol. The highest BCUT2D eigenvalue weighted by molar-refractivity contribution is 6.06. The minimum absolute atomic E-state index is 0.0260. The van der Waals surface area contributed by atoms with Gasteiger partial charge in [0.05, 0.1) is 23.4 Å². The van der Waals surface area contributed by atoms with Crippen LogP contribution in [0, 0.1) is 11.3 Å². The van der Waals surface area contributed by atoms with Crippen molar-refractivity contribution in [2.24, 2.45) is 0 Å². The van der Waals surface area contributed by atoms with Gasteiger partial charge in [-0.25, -0.2) is 4.98 Å². The number of hydrogen-bond acceptors (Lipinski definition) is 4. The van der Waals surface area contributed by atoms with E-state index in [4.69, 9.17) is 5.26 Å². The zero-order valence-corrected chi connectivity index (χ0v) is 15.4. The van der Waals surface area contributed by atoms with Crippen LogP contribution in [0.5, 0.6) is 0 Å². The Morgan fingerprint density at radius 1 is 1.14 bits per heavy atom. The van der Waals surface area contributed by atoms with Gasteiger partial charge in [-0.05, 0) is 48.7 Å². The summed E-state index contributed by atoms with van der Waals surface area (Å²) in [6.45, 7) is 0.709. The van der Waals surface area contributed by atoms with Crippen LogP contribution in [0.4, 0.5) is 5.69 Å². The quantitative estimate of drug-likeness (QED) is 0.763. The Hall–Kier alpha value is -3.46. The third kappa shape index (κ3) is 3.52. The number of carbonyl (C=O) groups excluding carboxylic acids is 1. The van der Waals surface area contributed by atoms with Gasteiger partial charge in [0.15, 0.2) is 0 Å². The van der Waals surface area contributed by atoms with Crippen molar-refractivity contribution in [3.63, 3.8) is 0 Å². The molecule has 0 unspecified atom stereocenters. The van der Waals surface area contributed by atoms with Gasteiger partial charge >= 0.3 is 0 Å². The van der Waals surface area contributed by atoms with Gasteiger partial charge in [-0.15, -0.1) is 0 Å². The number of rotatable bonds is 3. The standard InChI is InChI=1S/C22H20N4O2/c23-12-11-15-5-8-17(9-6-15)24-21(27)16-7-10-18-19(14-16)25-20-4-2-1-3-13-26(20)22(18)28/h5-10,14H,1-4,11,13H2,(H,24,27). The average Bonchev–Trinajstić information content (AvgIpc) is 2.95. The summed E-state index contributed by atoms with van der Waals surface area (Å²) in [5, 5.41) is 12.1. The molecule has 0 saturated heterocycles. The lowest BCUT2D eigenvalue weighted by atomic mass is 10.1. The number of carbonyl (C=O) groups is 1. The van der Waals surface area contributed by atoms with Crippen molar-refractivity contribution in [3.8, 4) is 6.07 Å². The minimum atomic E-state index is -0.258. The number of aromatic nitrogens is 2. The number of hydrogen-bond donors (Lipinski definition) is 1. The Bertz CT molecular complexity index is 1140. The fourth-order valence-electron chi connectivity index (χ4n) is 3.56. The van der Waals surface area contributed by atoms with Gasteiger partial charge in [-0.1, -0.05) is 18.6 Å². The molecule has 0 saturated carbocycles. The van der Waals surface area contributed by atoms with Crippen LogP contribution < -0.4 is 10.9 Å². The second-order valence-corrected chi connectivity index (χ2v) is 7.01. The zero-order chi connectivity index (χ0) is 19.5. The van der Waals surface area contributed by atoms with Crippen molar-refractivity contribution < 1.29 is 4.79 Å². The molecule has 1 N–H and O–H groups in total. The number of amides is 1. The molecule has 2 heterocycles. The lowest BCUT2D eigenvalue weighted by Crippen LogP contribution is -2.24. The highest BCUT2D eigenvalue weighted by Crippen LogP contribution is 2.18. The number of anilines is 1. The van der Waals surface area contributed by atoms with Crippen molar-refractivity contribution in [1.29, 1.82) is 5.26 Å². The van der Waals surface area contributed by atoms with Crippen molar-refractivity contribution in [2.45, 2.75) is 38.6 Å². The first-order chi connectivity index (χ1) is 13.7. The predicted molar refractivity (Wildman–Crippen MR) is 107 cm³/mol. The lowest BCUT2D eigenvalue weighted by molar-refractivity contribution is 0.102. The molecule has 3 aromatic rings. The van der Waals surface area contributed by atoms with Gasteiger partial charge < -0.3 is 5.32 Å². The number of benzene rings is 2. The molecule has 4 rings (SSSR count). The van der Waals surface area contributed by atoms with Gasteiger partial charge in [0.1, 0.15) is 5.82 Å². The molecule has 2 aromatic carbocycles. The number of nitrogens with one attached hydrogen (secondary N) is 1.